The van der Waals surface area contributed by atoms with Crippen molar-refractivity contribution >= 4 is 27.7 Å². The van der Waals surface area contributed by atoms with Crippen molar-refractivity contribution in [3.8, 4) is 5.88 Å². The molecule has 1 aromatic heterocycles. The first kappa shape index (κ1) is 15.4. The van der Waals surface area contributed by atoms with Crippen LogP contribution in [0.5, 0.6) is 5.88 Å². The number of hydrogen-bond acceptors (Lipinski definition) is 4. The van der Waals surface area contributed by atoms with Crippen LogP contribution in [-0.2, 0) is 4.74 Å². The van der Waals surface area contributed by atoms with Crippen molar-refractivity contribution in [2.45, 2.75) is 13.5 Å². The number of aromatic nitrogens is 1. The number of carboxylic acids is 1. The Balaban J connectivity index is 3.39. The van der Waals surface area contributed by atoms with E-state index in [1.165, 1.54) is 6.07 Å². The summed E-state index contributed by atoms with van der Waals surface area (Å²) in [6, 6.07) is 1.31. The van der Waals surface area contributed by atoms with E-state index in [4.69, 9.17) is 9.84 Å². The number of aromatic carboxylic acids is 1. The van der Waals surface area contributed by atoms with Crippen LogP contribution in [0.2, 0.25) is 0 Å². The van der Waals surface area contributed by atoms with Crippen LogP contribution < -0.4 is 4.74 Å². The summed E-state index contributed by atoms with van der Waals surface area (Å²) < 4.78 is 33.8. The summed E-state index contributed by atoms with van der Waals surface area (Å²) >= 11 is 2.98. The molecule has 0 aromatic carbocycles. The van der Waals surface area contributed by atoms with Crippen LogP contribution in [-0.4, -0.2) is 29.3 Å². The fraction of sp³-hybridized carbons (Fsp3) is 0.273. The summed E-state index contributed by atoms with van der Waals surface area (Å²) in [5.41, 5.74) is -0.506. The molecule has 0 aliphatic heterocycles. The highest BCUT2D eigenvalue weighted by atomic mass is 79.9. The number of ether oxygens (including phenoxy) is 2. The molecule has 0 aliphatic carbocycles. The molecule has 19 heavy (non-hydrogen) atoms. The van der Waals surface area contributed by atoms with Crippen molar-refractivity contribution in [1.29, 1.82) is 0 Å². The van der Waals surface area contributed by atoms with Gasteiger partial charge in [0.25, 0.3) is 0 Å². The van der Waals surface area contributed by atoms with E-state index in [1.807, 2.05) is 0 Å². The molecule has 0 unspecified atom stereocenters. The van der Waals surface area contributed by atoms with Crippen LogP contribution in [0.3, 0.4) is 0 Å². The Morgan fingerprint density at radius 1 is 1.63 bits per heavy atom. The van der Waals surface area contributed by atoms with Crippen molar-refractivity contribution in [3.63, 3.8) is 0 Å². The van der Waals surface area contributed by atoms with Gasteiger partial charge in [0, 0.05) is 5.56 Å². The topological polar surface area (TPSA) is 68.7 Å². The van der Waals surface area contributed by atoms with Gasteiger partial charge in [-0.3, -0.25) is 0 Å². The first-order valence-electron chi connectivity index (χ1n) is 5.07. The summed E-state index contributed by atoms with van der Waals surface area (Å²) in [7, 11) is 0. The SMILES string of the molecule is C=C(OCC)c1cc(Br)nc(OC(F)F)c1C(=O)O. The Morgan fingerprint density at radius 2 is 2.26 bits per heavy atom. The predicted molar refractivity (Wildman–Crippen MR) is 66.2 cm³/mol. The van der Waals surface area contributed by atoms with Crippen LogP contribution in [0, 0.1) is 0 Å². The van der Waals surface area contributed by atoms with Gasteiger partial charge in [-0.15, -0.1) is 0 Å². The molecular weight excluding hydrogens is 328 g/mol. The lowest BCUT2D eigenvalue weighted by atomic mass is 10.1. The van der Waals surface area contributed by atoms with Crippen LogP contribution in [0.15, 0.2) is 17.2 Å². The highest BCUT2D eigenvalue weighted by molar-refractivity contribution is 9.10. The third-order valence-corrected chi connectivity index (χ3v) is 2.39. The number of nitrogens with zero attached hydrogens (tertiary/aromatic N) is 1. The molecule has 0 aliphatic rings. The van der Waals surface area contributed by atoms with E-state index in [9.17, 15) is 13.6 Å². The minimum absolute atomic E-state index is 0.0203. The van der Waals surface area contributed by atoms with Gasteiger partial charge >= 0.3 is 12.6 Å². The molecule has 1 aromatic rings. The first-order valence-corrected chi connectivity index (χ1v) is 5.86. The Labute approximate surface area is 116 Å². The maximum atomic E-state index is 12.3. The number of alkyl halides is 2. The van der Waals surface area contributed by atoms with E-state index in [0.717, 1.165) is 0 Å². The molecule has 0 radical (unpaired) electrons. The number of halogens is 3. The molecule has 8 heteroatoms. The monoisotopic (exact) mass is 337 g/mol. The molecule has 0 amide bonds. The molecule has 104 valence electrons. The molecule has 1 heterocycles. The van der Waals surface area contributed by atoms with Gasteiger partial charge in [0.1, 0.15) is 15.9 Å². The maximum absolute atomic E-state index is 12.3. The highest BCUT2D eigenvalue weighted by Crippen LogP contribution is 2.30. The Kier molecular flexibility index (Phi) is 5.22. The number of rotatable bonds is 6. The zero-order chi connectivity index (χ0) is 14.6. The van der Waals surface area contributed by atoms with Gasteiger partial charge in [-0.25, -0.2) is 9.78 Å². The van der Waals surface area contributed by atoms with Gasteiger partial charge < -0.3 is 14.6 Å². The second kappa shape index (κ2) is 6.46. The number of carbonyl (C=O) groups is 1. The summed E-state index contributed by atoms with van der Waals surface area (Å²) in [6.45, 7) is 2.29. The van der Waals surface area contributed by atoms with E-state index < -0.39 is 24.0 Å². The van der Waals surface area contributed by atoms with Crippen LogP contribution in [0.25, 0.3) is 5.76 Å². The number of carboxylic acid groups (broad SMARTS) is 1. The minimum Gasteiger partial charge on any atom is -0.494 e. The van der Waals surface area contributed by atoms with Crippen LogP contribution >= 0.6 is 15.9 Å². The average Bonchev–Trinajstić information content (AvgIpc) is 2.26. The van der Waals surface area contributed by atoms with Gasteiger partial charge in [-0.1, -0.05) is 6.58 Å². The zero-order valence-corrected chi connectivity index (χ0v) is 11.4. The van der Waals surface area contributed by atoms with Crippen molar-refractivity contribution < 1.29 is 28.2 Å². The lowest BCUT2D eigenvalue weighted by Gasteiger charge is -2.14. The van der Waals surface area contributed by atoms with Crippen LogP contribution in [0.4, 0.5) is 8.78 Å². The van der Waals surface area contributed by atoms with Crippen molar-refractivity contribution in [1.82, 2.24) is 4.98 Å². The Bertz CT molecular complexity index is 508. The van der Waals surface area contributed by atoms with E-state index in [-0.39, 0.29) is 22.5 Å². The van der Waals surface area contributed by atoms with Gasteiger partial charge in [0.05, 0.1) is 6.61 Å². The molecule has 0 spiro atoms. The smallest absolute Gasteiger partial charge is 0.388 e. The quantitative estimate of drug-likeness (QED) is 0.637. The molecule has 0 bridgehead atoms. The normalized spacial score (nSPS) is 10.4. The largest absolute Gasteiger partial charge is 0.494 e. The summed E-state index contributed by atoms with van der Waals surface area (Å²) in [4.78, 5) is 14.7. The second-order valence-electron chi connectivity index (χ2n) is 3.21. The minimum atomic E-state index is -3.19. The molecule has 0 fully saturated rings. The fourth-order valence-corrected chi connectivity index (χ4v) is 1.73. The predicted octanol–water partition coefficient (Wildman–Crippen LogP) is 3.15. The summed E-state index contributed by atoms with van der Waals surface area (Å²) in [5.74, 6) is -2.14. The summed E-state index contributed by atoms with van der Waals surface area (Å²) in [6.07, 6.45) is 0. The molecule has 0 atom stereocenters. The molecule has 0 saturated heterocycles. The lowest BCUT2D eigenvalue weighted by molar-refractivity contribution is -0.0534. The van der Waals surface area contributed by atoms with E-state index in [2.05, 4.69) is 32.2 Å². The highest BCUT2D eigenvalue weighted by Gasteiger charge is 2.24. The van der Waals surface area contributed by atoms with Crippen molar-refractivity contribution in [2.24, 2.45) is 0 Å². The van der Waals surface area contributed by atoms with E-state index >= 15 is 0 Å². The van der Waals surface area contributed by atoms with Gasteiger partial charge in [-0.2, -0.15) is 8.78 Å². The summed E-state index contributed by atoms with van der Waals surface area (Å²) in [5, 5.41) is 9.09. The molecular formula is C11H10BrF2NO4. The molecule has 0 saturated carbocycles. The van der Waals surface area contributed by atoms with E-state index in [0.29, 0.717) is 0 Å². The number of pyridine rings is 1. The Morgan fingerprint density at radius 3 is 2.74 bits per heavy atom. The lowest BCUT2D eigenvalue weighted by Crippen LogP contribution is -2.12. The van der Waals surface area contributed by atoms with Gasteiger partial charge in [0.15, 0.2) is 0 Å². The van der Waals surface area contributed by atoms with Crippen molar-refractivity contribution in [3.05, 3.63) is 28.4 Å². The molecule has 1 N–H and O–H groups in total. The number of hydrogen-bond donors (Lipinski definition) is 1. The van der Waals surface area contributed by atoms with Crippen LogP contribution in [0.1, 0.15) is 22.8 Å². The molecule has 1 rings (SSSR count). The fourth-order valence-electron chi connectivity index (χ4n) is 1.34. The standard InChI is InChI=1S/C11H10BrF2NO4/c1-3-18-5(2)6-4-7(12)15-9(19-11(13)14)8(6)10(16)17/h4,11H,2-3H2,1H3,(H,16,17). The average molecular weight is 338 g/mol. The zero-order valence-electron chi connectivity index (χ0n) is 9.82. The first-order chi connectivity index (χ1) is 8.86. The van der Waals surface area contributed by atoms with Gasteiger partial charge in [0.2, 0.25) is 5.88 Å². The van der Waals surface area contributed by atoms with Crippen molar-refractivity contribution in [2.75, 3.05) is 6.61 Å². The Hall–Kier alpha value is -1.70. The third-order valence-electron chi connectivity index (χ3n) is 1.99. The maximum Gasteiger partial charge on any atom is 0.388 e. The second-order valence-corrected chi connectivity index (χ2v) is 4.03. The molecule has 5 nitrogen and oxygen atoms in total. The van der Waals surface area contributed by atoms with Gasteiger partial charge in [-0.05, 0) is 28.9 Å². The van der Waals surface area contributed by atoms with E-state index in [1.54, 1.807) is 6.92 Å². The third kappa shape index (κ3) is 3.88.